The molecule has 0 radical (unpaired) electrons. The maximum Gasteiger partial charge on any atom is 0.242 e. The van der Waals surface area contributed by atoms with Gasteiger partial charge in [-0.3, -0.25) is 9.59 Å². The van der Waals surface area contributed by atoms with Gasteiger partial charge in [0.2, 0.25) is 11.8 Å². The second-order valence-corrected chi connectivity index (χ2v) is 7.94. The van der Waals surface area contributed by atoms with Crippen molar-refractivity contribution < 1.29 is 14.0 Å². The van der Waals surface area contributed by atoms with Crippen molar-refractivity contribution in [2.75, 3.05) is 12.3 Å². The molecule has 2 amide bonds. The van der Waals surface area contributed by atoms with Crippen LogP contribution in [0.4, 0.5) is 4.39 Å². The van der Waals surface area contributed by atoms with Crippen molar-refractivity contribution in [3.63, 3.8) is 0 Å². The van der Waals surface area contributed by atoms with Gasteiger partial charge in [-0.15, -0.1) is 11.8 Å². The highest BCUT2D eigenvalue weighted by atomic mass is 32.2. The highest BCUT2D eigenvalue weighted by molar-refractivity contribution is 7.99. The minimum absolute atomic E-state index is 0.0729. The predicted molar refractivity (Wildman–Crippen MR) is 116 cm³/mol. The Morgan fingerprint density at radius 2 is 1.76 bits per heavy atom. The van der Waals surface area contributed by atoms with Crippen LogP contribution in [-0.4, -0.2) is 35.1 Å². The molecule has 1 unspecified atom stereocenters. The fourth-order valence-corrected chi connectivity index (χ4v) is 3.85. The Labute approximate surface area is 176 Å². The molecule has 6 heteroatoms. The summed E-state index contributed by atoms with van der Waals surface area (Å²) in [7, 11) is 0. The first kappa shape index (κ1) is 22.9. The summed E-state index contributed by atoms with van der Waals surface area (Å²) in [5.41, 5.74) is 0.803. The Morgan fingerprint density at radius 3 is 2.38 bits per heavy atom. The highest BCUT2D eigenvalue weighted by Crippen LogP contribution is 2.20. The summed E-state index contributed by atoms with van der Waals surface area (Å²) in [5.74, 6) is 0.103. The Balaban J connectivity index is 2.09. The predicted octanol–water partition coefficient (Wildman–Crippen LogP) is 4.64. The third-order valence-electron chi connectivity index (χ3n) is 4.53. The first-order chi connectivity index (χ1) is 14.0. The van der Waals surface area contributed by atoms with E-state index < -0.39 is 6.04 Å². The molecule has 4 nitrogen and oxygen atoms in total. The molecule has 2 aromatic rings. The number of amides is 2. The van der Waals surface area contributed by atoms with E-state index in [0.717, 1.165) is 16.9 Å². The molecule has 0 aromatic heterocycles. The maximum atomic E-state index is 13.3. The molecule has 0 saturated heterocycles. The van der Waals surface area contributed by atoms with E-state index in [0.29, 0.717) is 25.1 Å². The van der Waals surface area contributed by atoms with Crippen molar-refractivity contribution in [1.29, 1.82) is 0 Å². The van der Waals surface area contributed by atoms with Crippen LogP contribution in [-0.2, 0) is 16.1 Å². The normalized spacial score (nSPS) is 11.7. The van der Waals surface area contributed by atoms with Crippen molar-refractivity contribution in [3.05, 3.63) is 66.0 Å². The molecule has 0 spiro atoms. The van der Waals surface area contributed by atoms with Crippen molar-refractivity contribution in [1.82, 2.24) is 10.2 Å². The highest BCUT2D eigenvalue weighted by Gasteiger charge is 2.28. The Kier molecular flexibility index (Phi) is 9.71. The minimum Gasteiger partial charge on any atom is -0.354 e. The largest absolute Gasteiger partial charge is 0.354 e. The van der Waals surface area contributed by atoms with E-state index in [9.17, 15) is 14.0 Å². The van der Waals surface area contributed by atoms with Gasteiger partial charge in [-0.1, -0.05) is 44.2 Å². The van der Waals surface area contributed by atoms with Gasteiger partial charge in [-0.05, 0) is 42.7 Å². The lowest BCUT2D eigenvalue weighted by Crippen LogP contribution is -2.49. The molecular formula is C23H29FN2O2S. The molecular weight excluding hydrogens is 387 g/mol. The SMILES string of the molecule is CCCNC(=O)C(CC)N(Cc1ccc(F)cc1)C(=O)CCSc1ccccc1. The van der Waals surface area contributed by atoms with Crippen molar-refractivity contribution in [2.45, 2.75) is 50.6 Å². The van der Waals surface area contributed by atoms with Crippen LogP contribution >= 0.6 is 11.8 Å². The number of nitrogens with one attached hydrogen (secondary N) is 1. The van der Waals surface area contributed by atoms with E-state index >= 15 is 0 Å². The molecule has 0 bridgehead atoms. The second kappa shape index (κ2) is 12.3. The van der Waals surface area contributed by atoms with Gasteiger partial charge in [0.05, 0.1) is 0 Å². The topological polar surface area (TPSA) is 49.4 Å². The summed E-state index contributed by atoms with van der Waals surface area (Å²) in [6, 6.07) is 15.4. The quantitative estimate of drug-likeness (QED) is 0.543. The summed E-state index contributed by atoms with van der Waals surface area (Å²) in [6.07, 6.45) is 1.69. The summed E-state index contributed by atoms with van der Waals surface area (Å²) < 4.78 is 13.3. The number of nitrogens with zero attached hydrogens (tertiary/aromatic N) is 1. The van der Waals surface area contributed by atoms with Gasteiger partial charge in [0, 0.05) is 30.2 Å². The Bertz CT molecular complexity index is 768. The number of thioether (sulfide) groups is 1. The van der Waals surface area contributed by atoms with Crippen LogP contribution < -0.4 is 5.32 Å². The molecule has 0 saturated carbocycles. The Morgan fingerprint density at radius 1 is 1.07 bits per heavy atom. The lowest BCUT2D eigenvalue weighted by Gasteiger charge is -2.30. The molecule has 0 heterocycles. The van der Waals surface area contributed by atoms with Gasteiger partial charge in [0.25, 0.3) is 0 Å². The van der Waals surface area contributed by atoms with E-state index in [-0.39, 0.29) is 24.2 Å². The van der Waals surface area contributed by atoms with Gasteiger partial charge in [-0.25, -0.2) is 4.39 Å². The van der Waals surface area contributed by atoms with Gasteiger partial charge >= 0.3 is 0 Å². The molecule has 29 heavy (non-hydrogen) atoms. The molecule has 0 aliphatic heterocycles. The standard InChI is InChI=1S/C23H29FN2O2S/c1-3-15-25-23(28)21(4-2)26(17-18-10-12-19(24)13-11-18)22(27)14-16-29-20-8-6-5-7-9-20/h5-13,21H,3-4,14-17H2,1-2H3,(H,25,28). The van der Waals surface area contributed by atoms with Gasteiger partial charge in [0.15, 0.2) is 0 Å². The van der Waals surface area contributed by atoms with Crippen LogP contribution in [0.25, 0.3) is 0 Å². The summed E-state index contributed by atoms with van der Waals surface area (Å²) in [4.78, 5) is 28.4. The fourth-order valence-electron chi connectivity index (χ4n) is 2.99. The summed E-state index contributed by atoms with van der Waals surface area (Å²) in [5, 5.41) is 2.90. The number of benzene rings is 2. The van der Waals surface area contributed by atoms with Gasteiger partial charge in [-0.2, -0.15) is 0 Å². The average molecular weight is 417 g/mol. The maximum absolute atomic E-state index is 13.3. The number of halogens is 1. The molecule has 0 aliphatic rings. The van der Waals surface area contributed by atoms with Crippen molar-refractivity contribution >= 4 is 23.6 Å². The van der Waals surface area contributed by atoms with Gasteiger partial charge in [0.1, 0.15) is 11.9 Å². The monoisotopic (exact) mass is 416 g/mol. The first-order valence-electron chi connectivity index (χ1n) is 10.0. The lowest BCUT2D eigenvalue weighted by atomic mass is 10.1. The van der Waals surface area contributed by atoms with Crippen LogP contribution in [0.15, 0.2) is 59.5 Å². The summed E-state index contributed by atoms with van der Waals surface area (Å²) >= 11 is 1.62. The third-order valence-corrected chi connectivity index (χ3v) is 5.54. The zero-order chi connectivity index (χ0) is 21.1. The second-order valence-electron chi connectivity index (χ2n) is 6.77. The number of carbonyl (C=O) groups is 2. The third kappa shape index (κ3) is 7.54. The number of carbonyl (C=O) groups excluding carboxylic acids is 2. The molecule has 1 atom stereocenters. The van der Waals surface area contributed by atoms with Crippen molar-refractivity contribution in [3.8, 4) is 0 Å². The zero-order valence-corrected chi connectivity index (χ0v) is 17.9. The minimum atomic E-state index is -0.541. The first-order valence-corrected chi connectivity index (χ1v) is 11.0. The molecule has 2 aromatic carbocycles. The zero-order valence-electron chi connectivity index (χ0n) is 17.1. The molecule has 1 N–H and O–H groups in total. The van der Waals surface area contributed by atoms with Crippen LogP contribution in [0.1, 0.15) is 38.7 Å². The molecule has 0 fully saturated rings. The lowest BCUT2D eigenvalue weighted by molar-refractivity contribution is -0.141. The molecule has 0 aliphatic carbocycles. The number of rotatable bonds is 11. The van der Waals surface area contributed by atoms with E-state index in [1.165, 1.54) is 12.1 Å². The van der Waals surface area contributed by atoms with Crippen LogP contribution in [0.3, 0.4) is 0 Å². The van der Waals surface area contributed by atoms with E-state index in [4.69, 9.17) is 0 Å². The van der Waals surface area contributed by atoms with E-state index in [2.05, 4.69) is 5.32 Å². The van der Waals surface area contributed by atoms with Crippen LogP contribution in [0.2, 0.25) is 0 Å². The van der Waals surface area contributed by atoms with Crippen molar-refractivity contribution in [2.24, 2.45) is 0 Å². The van der Waals surface area contributed by atoms with E-state index in [1.54, 1.807) is 28.8 Å². The molecule has 156 valence electrons. The number of hydrogen-bond donors (Lipinski definition) is 1. The fraction of sp³-hybridized carbons (Fsp3) is 0.391. The van der Waals surface area contributed by atoms with Crippen LogP contribution in [0, 0.1) is 5.82 Å². The van der Waals surface area contributed by atoms with Crippen LogP contribution in [0.5, 0.6) is 0 Å². The number of hydrogen-bond acceptors (Lipinski definition) is 3. The van der Waals surface area contributed by atoms with Gasteiger partial charge < -0.3 is 10.2 Å². The van der Waals surface area contributed by atoms with E-state index in [1.807, 2.05) is 44.2 Å². The smallest absolute Gasteiger partial charge is 0.242 e. The summed E-state index contributed by atoms with van der Waals surface area (Å²) in [6.45, 7) is 4.76. The molecule has 2 rings (SSSR count). The average Bonchev–Trinajstić information content (AvgIpc) is 2.74. The Hall–Kier alpha value is -2.34.